The fourth-order valence-corrected chi connectivity index (χ4v) is 5.21. The van der Waals surface area contributed by atoms with Crippen LogP contribution in [0.5, 0.6) is 5.75 Å². The van der Waals surface area contributed by atoms with Gasteiger partial charge in [-0.2, -0.15) is 0 Å². The number of carbonyl (C=O) groups excluding carboxylic acids is 2. The number of hydrogen-bond acceptors (Lipinski definition) is 6. The fraction of sp³-hybridized carbons (Fsp3) is 0.417. The van der Waals surface area contributed by atoms with Gasteiger partial charge in [-0.1, -0.05) is 31.2 Å². The molecule has 0 radical (unpaired) electrons. The molecule has 7 heteroatoms. The zero-order chi connectivity index (χ0) is 22.5. The van der Waals surface area contributed by atoms with Crippen LogP contribution in [0.2, 0.25) is 0 Å². The third-order valence-electron chi connectivity index (χ3n) is 5.10. The van der Waals surface area contributed by atoms with E-state index in [4.69, 9.17) is 9.47 Å². The molecule has 1 aliphatic heterocycles. The Bertz CT molecular complexity index is 916. The van der Waals surface area contributed by atoms with E-state index < -0.39 is 12.1 Å². The van der Waals surface area contributed by atoms with Crippen LogP contribution in [0.1, 0.15) is 24.7 Å². The highest BCUT2D eigenvalue weighted by Gasteiger charge is 2.41. The first-order chi connectivity index (χ1) is 14.8. The van der Waals surface area contributed by atoms with Gasteiger partial charge in [-0.05, 0) is 49.8 Å². The third kappa shape index (κ3) is 5.60. The van der Waals surface area contributed by atoms with Crippen molar-refractivity contribution in [3.8, 4) is 5.75 Å². The van der Waals surface area contributed by atoms with Crippen LogP contribution in [-0.4, -0.2) is 57.2 Å². The maximum atomic E-state index is 13.8. The summed E-state index contributed by atoms with van der Waals surface area (Å²) in [6.45, 7) is 4.86. The van der Waals surface area contributed by atoms with Crippen LogP contribution < -0.4 is 9.64 Å². The van der Waals surface area contributed by atoms with Crippen LogP contribution in [0.15, 0.2) is 53.4 Å². The van der Waals surface area contributed by atoms with Gasteiger partial charge in [-0.3, -0.25) is 9.59 Å². The van der Waals surface area contributed by atoms with Crippen molar-refractivity contribution in [1.82, 2.24) is 4.90 Å². The fourth-order valence-electron chi connectivity index (χ4n) is 3.89. The van der Waals surface area contributed by atoms with Crippen LogP contribution in [0, 0.1) is 5.92 Å². The lowest BCUT2D eigenvalue weighted by Crippen LogP contribution is -2.45. The lowest BCUT2D eigenvalue weighted by molar-refractivity contribution is -0.152. The van der Waals surface area contributed by atoms with Crippen LogP contribution in [0.3, 0.4) is 0 Å². The summed E-state index contributed by atoms with van der Waals surface area (Å²) in [6.07, 6.45) is -0.921. The quantitative estimate of drug-likeness (QED) is 0.604. The Morgan fingerprint density at radius 1 is 1.16 bits per heavy atom. The summed E-state index contributed by atoms with van der Waals surface area (Å²) in [4.78, 5) is 30.6. The summed E-state index contributed by atoms with van der Waals surface area (Å²) in [5.74, 6) is 0.313. The molecule has 0 fully saturated rings. The van der Waals surface area contributed by atoms with E-state index in [0.717, 1.165) is 28.4 Å². The number of carbonyl (C=O) groups is 2. The van der Waals surface area contributed by atoms with Gasteiger partial charge in [0.15, 0.2) is 6.10 Å². The summed E-state index contributed by atoms with van der Waals surface area (Å²) in [7, 11) is 5.65. The molecule has 0 aromatic heterocycles. The lowest BCUT2D eigenvalue weighted by atomic mass is 10.0. The van der Waals surface area contributed by atoms with Crippen LogP contribution in [0.25, 0.3) is 0 Å². The van der Waals surface area contributed by atoms with Crippen LogP contribution >= 0.6 is 11.8 Å². The molecule has 2 aromatic rings. The van der Waals surface area contributed by atoms with Crippen molar-refractivity contribution in [2.24, 2.45) is 5.92 Å². The number of methoxy groups -OCH3 is 1. The molecule has 166 valence electrons. The first-order valence-corrected chi connectivity index (χ1v) is 11.2. The maximum absolute atomic E-state index is 13.8. The number of nitrogens with zero attached hydrogens (tertiary/aromatic N) is 2. The molecular weight excluding hydrogens is 412 g/mol. The molecule has 1 aliphatic rings. The minimum atomic E-state index is -0.921. The standard InChI is InChI=1S/C24H30N2O4S/c1-16(14-25(3)4)15-26-20-8-6-7-9-21(20)31-23(22(24(26)28)30-17(2)27)18-10-12-19(29-5)13-11-18/h6-13,16,22-23H,14-15H2,1-5H3/t16?,22-,23+/m0/s1. The molecule has 3 rings (SSSR count). The molecule has 1 heterocycles. The normalized spacial score (nSPS) is 19.5. The molecule has 0 aliphatic carbocycles. The van der Waals surface area contributed by atoms with Crippen molar-refractivity contribution in [2.45, 2.75) is 30.1 Å². The Kier molecular flexibility index (Phi) is 7.62. The SMILES string of the molecule is COc1ccc([C@H]2Sc3ccccc3N(CC(C)CN(C)C)C(=O)[C@H]2OC(C)=O)cc1. The second-order valence-electron chi connectivity index (χ2n) is 8.13. The van der Waals surface area contributed by atoms with Crippen LogP contribution in [-0.2, 0) is 14.3 Å². The van der Waals surface area contributed by atoms with Crippen molar-refractivity contribution in [3.05, 3.63) is 54.1 Å². The van der Waals surface area contributed by atoms with Gasteiger partial charge in [0.2, 0.25) is 0 Å². The summed E-state index contributed by atoms with van der Waals surface area (Å²) in [6, 6.07) is 15.4. The number of para-hydroxylation sites is 1. The van der Waals surface area contributed by atoms with Crippen LogP contribution in [0.4, 0.5) is 5.69 Å². The average molecular weight is 443 g/mol. The Balaban J connectivity index is 2.04. The second-order valence-corrected chi connectivity index (χ2v) is 9.31. The minimum absolute atomic E-state index is 0.195. The van der Waals surface area contributed by atoms with Gasteiger partial charge in [0.25, 0.3) is 5.91 Å². The third-order valence-corrected chi connectivity index (χ3v) is 6.48. The molecule has 0 N–H and O–H groups in total. The van der Waals surface area contributed by atoms with Gasteiger partial charge in [0, 0.05) is 24.9 Å². The minimum Gasteiger partial charge on any atom is -0.497 e. The van der Waals surface area contributed by atoms with E-state index in [2.05, 4.69) is 11.8 Å². The molecule has 3 atom stereocenters. The van der Waals surface area contributed by atoms with Gasteiger partial charge in [-0.15, -0.1) is 11.8 Å². The van der Waals surface area contributed by atoms with E-state index in [0.29, 0.717) is 6.54 Å². The van der Waals surface area contributed by atoms with E-state index in [1.54, 1.807) is 23.8 Å². The van der Waals surface area contributed by atoms with Gasteiger partial charge >= 0.3 is 5.97 Å². The number of esters is 1. The summed E-state index contributed by atoms with van der Waals surface area (Å²) >= 11 is 1.55. The summed E-state index contributed by atoms with van der Waals surface area (Å²) < 4.78 is 10.9. The monoisotopic (exact) mass is 442 g/mol. The lowest BCUT2D eigenvalue weighted by Gasteiger charge is -2.30. The molecule has 0 saturated carbocycles. The highest BCUT2D eigenvalue weighted by atomic mass is 32.2. The molecule has 0 spiro atoms. The first-order valence-electron chi connectivity index (χ1n) is 10.3. The largest absolute Gasteiger partial charge is 0.497 e. The van der Waals surface area contributed by atoms with E-state index >= 15 is 0 Å². The Labute approximate surface area is 188 Å². The van der Waals surface area contributed by atoms with Crippen molar-refractivity contribution >= 4 is 29.3 Å². The zero-order valence-corrected chi connectivity index (χ0v) is 19.5. The van der Waals surface area contributed by atoms with Crippen molar-refractivity contribution in [3.63, 3.8) is 0 Å². The van der Waals surface area contributed by atoms with Crippen molar-refractivity contribution < 1.29 is 19.1 Å². The topological polar surface area (TPSA) is 59.1 Å². The molecule has 6 nitrogen and oxygen atoms in total. The van der Waals surface area contributed by atoms with E-state index in [9.17, 15) is 9.59 Å². The molecule has 2 aromatic carbocycles. The first kappa shape index (κ1) is 23.2. The number of hydrogen-bond donors (Lipinski definition) is 0. The van der Waals surface area contributed by atoms with Gasteiger partial charge in [0.1, 0.15) is 5.75 Å². The van der Waals surface area contributed by atoms with Crippen molar-refractivity contribution in [2.75, 3.05) is 39.2 Å². The highest BCUT2D eigenvalue weighted by molar-refractivity contribution is 7.99. The van der Waals surface area contributed by atoms with Gasteiger partial charge < -0.3 is 19.3 Å². The number of thioether (sulfide) groups is 1. The number of rotatable bonds is 7. The van der Waals surface area contributed by atoms with E-state index in [1.165, 1.54) is 6.92 Å². The van der Waals surface area contributed by atoms with Gasteiger partial charge in [0.05, 0.1) is 18.0 Å². The number of fused-ring (bicyclic) bond motifs is 1. The predicted octanol–water partition coefficient (Wildman–Crippen LogP) is 4.00. The number of amides is 1. The second kappa shape index (κ2) is 10.2. The smallest absolute Gasteiger partial charge is 0.303 e. The summed E-state index contributed by atoms with van der Waals surface area (Å²) in [5.41, 5.74) is 1.76. The molecule has 0 bridgehead atoms. The molecule has 1 unspecified atom stereocenters. The van der Waals surface area contributed by atoms with E-state index in [-0.39, 0.29) is 17.1 Å². The predicted molar refractivity (Wildman–Crippen MR) is 124 cm³/mol. The molecule has 1 amide bonds. The Hall–Kier alpha value is -2.51. The zero-order valence-electron chi connectivity index (χ0n) is 18.7. The maximum Gasteiger partial charge on any atom is 0.303 e. The molecule has 31 heavy (non-hydrogen) atoms. The average Bonchev–Trinajstić information content (AvgIpc) is 2.83. The van der Waals surface area contributed by atoms with Gasteiger partial charge in [-0.25, -0.2) is 0 Å². The number of ether oxygens (including phenoxy) is 2. The Morgan fingerprint density at radius 2 is 1.84 bits per heavy atom. The number of anilines is 1. The molecule has 0 saturated heterocycles. The number of benzene rings is 2. The van der Waals surface area contributed by atoms with E-state index in [1.807, 2.05) is 62.6 Å². The van der Waals surface area contributed by atoms with Crippen molar-refractivity contribution in [1.29, 1.82) is 0 Å². The Morgan fingerprint density at radius 3 is 2.45 bits per heavy atom. The summed E-state index contributed by atoms with van der Waals surface area (Å²) in [5, 5.41) is -0.363. The molecular formula is C24H30N2O4S. The highest BCUT2D eigenvalue weighted by Crippen LogP contribution is 2.47.